The SMILES string of the molecule is C=C(/C=C(/F)C(=C)OC)OC.C=C(CC)/C(F)=C(/F)C(=C)C(C)F.CC. The number of hydrogen-bond acceptors (Lipinski definition) is 2. The Morgan fingerprint density at radius 1 is 0.962 bits per heavy atom. The summed E-state index contributed by atoms with van der Waals surface area (Å²) in [6.45, 7) is 19.8. The summed E-state index contributed by atoms with van der Waals surface area (Å²) in [6.07, 6.45) is -0.200. The van der Waals surface area contributed by atoms with Crippen LogP contribution in [0.25, 0.3) is 0 Å². The zero-order valence-electron chi connectivity index (χ0n) is 16.5. The Kier molecular flexibility index (Phi) is 17.8. The van der Waals surface area contributed by atoms with E-state index >= 15 is 0 Å². The van der Waals surface area contributed by atoms with E-state index in [1.807, 2.05) is 13.8 Å². The second kappa shape index (κ2) is 16.2. The fourth-order valence-corrected chi connectivity index (χ4v) is 1.00. The summed E-state index contributed by atoms with van der Waals surface area (Å²) in [5, 5.41) is 0. The minimum atomic E-state index is -1.59. The van der Waals surface area contributed by atoms with Crippen molar-refractivity contribution in [2.45, 2.75) is 40.3 Å². The highest BCUT2D eigenvalue weighted by atomic mass is 19.2. The van der Waals surface area contributed by atoms with E-state index in [1.54, 1.807) is 6.92 Å². The van der Waals surface area contributed by atoms with Crippen LogP contribution < -0.4 is 0 Å². The van der Waals surface area contributed by atoms with E-state index in [0.29, 0.717) is 0 Å². The van der Waals surface area contributed by atoms with E-state index in [2.05, 4.69) is 35.8 Å². The number of ether oxygens (including phenoxy) is 2. The average Bonchev–Trinajstić information content (AvgIpc) is 2.66. The fraction of sp³-hybridized carbons (Fsp3) is 0.400. The van der Waals surface area contributed by atoms with Gasteiger partial charge >= 0.3 is 0 Å². The van der Waals surface area contributed by atoms with E-state index in [-0.39, 0.29) is 23.5 Å². The highest BCUT2D eigenvalue weighted by Gasteiger charge is 2.16. The second-order valence-corrected chi connectivity index (χ2v) is 4.52. The van der Waals surface area contributed by atoms with Crippen LogP contribution in [0.2, 0.25) is 0 Å². The zero-order chi connectivity index (χ0) is 21.4. The van der Waals surface area contributed by atoms with Crippen molar-refractivity contribution in [3.05, 3.63) is 72.5 Å². The molecule has 26 heavy (non-hydrogen) atoms. The molecule has 0 aromatic carbocycles. The smallest absolute Gasteiger partial charge is 0.168 e. The van der Waals surface area contributed by atoms with Crippen molar-refractivity contribution < 1.29 is 27.0 Å². The molecule has 150 valence electrons. The Balaban J connectivity index is -0.000000375. The summed E-state index contributed by atoms with van der Waals surface area (Å²) in [6, 6.07) is 0. The summed E-state index contributed by atoms with van der Waals surface area (Å²) < 4.78 is 60.3. The van der Waals surface area contributed by atoms with Crippen molar-refractivity contribution in [3.8, 4) is 0 Å². The van der Waals surface area contributed by atoms with Crippen molar-refractivity contribution in [1.29, 1.82) is 0 Å². The maximum Gasteiger partial charge on any atom is 0.168 e. The Morgan fingerprint density at radius 3 is 1.73 bits per heavy atom. The normalized spacial score (nSPS) is 12.2. The first kappa shape index (κ1) is 28.6. The molecule has 1 atom stereocenters. The Morgan fingerprint density at radius 2 is 1.42 bits per heavy atom. The van der Waals surface area contributed by atoms with Crippen LogP contribution >= 0.6 is 0 Å². The molecule has 0 aliphatic rings. The van der Waals surface area contributed by atoms with E-state index in [4.69, 9.17) is 0 Å². The first-order valence-corrected chi connectivity index (χ1v) is 7.93. The van der Waals surface area contributed by atoms with E-state index < -0.39 is 29.2 Å². The molecule has 0 saturated heterocycles. The predicted molar refractivity (Wildman–Crippen MR) is 101 cm³/mol. The van der Waals surface area contributed by atoms with Gasteiger partial charge in [0.05, 0.1) is 14.2 Å². The predicted octanol–water partition coefficient (Wildman–Crippen LogP) is 7.20. The van der Waals surface area contributed by atoms with Gasteiger partial charge in [0.25, 0.3) is 0 Å². The third kappa shape index (κ3) is 12.2. The molecule has 0 aliphatic heterocycles. The molecule has 0 aromatic rings. The molecule has 6 heteroatoms. The monoisotopic (exact) mass is 378 g/mol. The molecule has 1 unspecified atom stereocenters. The number of rotatable bonds is 8. The summed E-state index contributed by atoms with van der Waals surface area (Å²) >= 11 is 0. The molecule has 0 aromatic heterocycles. The van der Waals surface area contributed by atoms with E-state index in [0.717, 1.165) is 13.0 Å². The number of alkyl halides is 1. The lowest BCUT2D eigenvalue weighted by atomic mass is 10.1. The molecular weight excluding hydrogens is 348 g/mol. The van der Waals surface area contributed by atoms with E-state index in [1.165, 1.54) is 14.2 Å². The number of allylic oxidation sites excluding steroid dienone is 6. The molecule has 0 amide bonds. The van der Waals surface area contributed by atoms with Crippen LogP contribution in [0.1, 0.15) is 34.1 Å². The van der Waals surface area contributed by atoms with Gasteiger partial charge in [-0.1, -0.05) is 47.1 Å². The summed E-state index contributed by atoms with van der Waals surface area (Å²) in [4.78, 5) is 0. The Bertz CT molecular complexity index is 544. The van der Waals surface area contributed by atoms with Crippen molar-refractivity contribution in [1.82, 2.24) is 0 Å². The van der Waals surface area contributed by atoms with Crippen LogP contribution in [0.5, 0.6) is 0 Å². The fourth-order valence-electron chi connectivity index (χ4n) is 1.00. The van der Waals surface area contributed by atoms with Gasteiger partial charge in [-0.15, -0.1) is 0 Å². The molecule has 0 heterocycles. The third-order valence-corrected chi connectivity index (χ3v) is 2.75. The van der Waals surface area contributed by atoms with Crippen LogP contribution in [-0.4, -0.2) is 20.4 Å². The van der Waals surface area contributed by atoms with Crippen LogP contribution in [0.3, 0.4) is 0 Å². The zero-order valence-corrected chi connectivity index (χ0v) is 16.5. The maximum atomic E-state index is 13.0. The quantitative estimate of drug-likeness (QED) is 0.252. The molecule has 0 bridgehead atoms. The van der Waals surface area contributed by atoms with Gasteiger partial charge in [0.15, 0.2) is 17.5 Å². The highest BCUT2D eigenvalue weighted by Crippen LogP contribution is 2.26. The first-order valence-electron chi connectivity index (χ1n) is 7.93. The van der Waals surface area contributed by atoms with Crippen molar-refractivity contribution in [2.75, 3.05) is 14.2 Å². The van der Waals surface area contributed by atoms with Gasteiger partial charge in [-0.05, 0) is 18.9 Å². The van der Waals surface area contributed by atoms with Gasteiger partial charge in [-0.3, -0.25) is 0 Å². The lowest BCUT2D eigenvalue weighted by Crippen LogP contribution is -1.99. The Hall–Kier alpha value is -2.24. The maximum absolute atomic E-state index is 13.0. The van der Waals surface area contributed by atoms with Crippen LogP contribution in [0.15, 0.2) is 72.5 Å². The lowest BCUT2D eigenvalue weighted by Gasteiger charge is -2.06. The van der Waals surface area contributed by atoms with Gasteiger partial charge in [0.1, 0.15) is 17.7 Å². The van der Waals surface area contributed by atoms with Crippen molar-refractivity contribution in [3.63, 3.8) is 0 Å². The molecule has 0 radical (unpaired) electrons. The largest absolute Gasteiger partial charge is 0.497 e. The molecule has 0 saturated carbocycles. The molecule has 0 fully saturated rings. The summed E-state index contributed by atoms with van der Waals surface area (Å²) in [5.74, 6) is -2.73. The van der Waals surface area contributed by atoms with Gasteiger partial charge in [-0.2, -0.15) is 0 Å². The number of methoxy groups -OCH3 is 2. The molecule has 2 nitrogen and oxygen atoms in total. The van der Waals surface area contributed by atoms with Gasteiger partial charge in [-0.25, -0.2) is 17.6 Å². The van der Waals surface area contributed by atoms with E-state index in [9.17, 15) is 17.6 Å². The molecule has 0 spiro atoms. The Labute approximate surface area is 154 Å². The van der Waals surface area contributed by atoms with Gasteiger partial charge in [0.2, 0.25) is 0 Å². The summed E-state index contributed by atoms with van der Waals surface area (Å²) in [5.41, 5.74) is -0.466. The second-order valence-electron chi connectivity index (χ2n) is 4.52. The number of halogens is 4. The van der Waals surface area contributed by atoms with Crippen LogP contribution in [0.4, 0.5) is 17.6 Å². The molecule has 0 N–H and O–H groups in total. The van der Waals surface area contributed by atoms with Crippen molar-refractivity contribution in [2.24, 2.45) is 0 Å². The molecule has 0 rings (SSSR count). The lowest BCUT2D eigenvalue weighted by molar-refractivity contribution is 0.280. The molecular formula is C20H30F4O2. The van der Waals surface area contributed by atoms with Crippen molar-refractivity contribution >= 4 is 0 Å². The van der Waals surface area contributed by atoms with Gasteiger partial charge in [0, 0.05) is 11.6 Å². The molecule has 0 aliphatic carbocycles. The minimum absolute atomic E-state index is 0.0132. The third-order valence-electron chi connectivity index (χ3n) is 2.75. The van der Waals surface area contributed by atoms with Gasteiger partial charge < -0.3 is 9.47 Å². The van der Waals surface area contributed by atoms with Crippen LogP contribution in [-0.2, 0) is 9.47 Å². The topological polar surface area (TPSA) is 18.5 Å². The number of hydrogen-bond donors (Lipinski definition) is 0. The summed E-state index contributed by atoms with van der Waals surface area (Å²) in [7, 11) is 2.74. The highest BCUT2D eigenvalue weighted by molar-refractivity contribution is 5.36. The first-order chi connectivity index (χ1) is 12.0. The standard InChI is InChI=1S/C10H13F3.C8H11FO2.C2H6/c1-5-6(2)9(12)10(13)7(3)8(4)11;1-6(10-3)5-8(9)7(2)11-4;1-2/h8H,2-3,5H2,1,4H3;5H,1-2H2,3-4H3;1-2H3/b10-9-;8-5+;. The minimum Gasteiger partial charge on any atom is -0.497 e. The van der Waals surface area contributed by atoms with Crippen LogP contribution in [0, 0.1) is 0 Å². The average molecular weight is 378 g/mol.